The summed E-state index contributed by atoms with van der Waals surface area (Å²) in [6.07, 6.45) is 4.36. The van der Waals surface area contributed by atoms with Crippen LogP contribution in [0, 0.1) is 5.92 Å². The minimum Gasteiger partial charge on any atom is -0.444 e. The van der Waals surface area contributed by atoms with Crippen LogP contribution in [0.4, 0.5) is 0 Å². The zero-order valence-corrected chi connectivity index (χ0v) is 11.3. The molecule has 0 saturated heterocycles. The molecule has 92 valence electrons. The van der Waals surface area contributed by atoms with Gasteiger partial charge >= 0.3 is 5.91 Å². The highest BCUT2D eigenvalue weighted by Gasteiger charge is 2.15. The summed E-state index contributed by atoms with van der Waals surface area (Å²) in [6, 6.07) is 3.30. The lowest BCUT2D eigenvalue weighted by Gasteiger charge is -2.18. The number of hydrogen-bond acceptors (Lipinski definition) is 3. The SMILES string of the molecule is CC1CCCC(=NNC(=O)c2ccc(Br)o2)C1. The van der Waals surface area contributed by atoms with Gasteiger partial charge < -0.3 is 4.42 Å². The number of halogens is 1. The van der Waals surface area contributed by atoms with Gasteiger partial charge in [-0.25, -0.2) is 5.43 Å². The average molecular weight is 299 g/mol. The Morgan fingerprint density at radius 2 is 2.41 bits per heavy atom. The Balaban J connectivity index is 1.93. The minimum absolute atomic E-state index is 0.269. The molecule has 17 heavy (non-hydrogen) atoms. The Hall–Kier alpha value is -1.10. The second-order valence-electron chi connectivity index (χ2n) is 4.42. The van der Waals surface area contributed by atoms with Crippen LogP contribution in [0.25, 0.3) is 0 Å². The summed E-state index contributed by atoms with van der Waals surface area (Å²) in [6.45, 7) is 2.21. The molecular weight excluding hydrogens is 284 g/mol. The molecular formula is C12H15BrN2O2. The third-order valence-electron chi connectivity index (χ3n) is 2.86. The molecule has 1 saturated carbocycles. The molecule has 4 nitrogen and oxygen atoms in total. The van der Waals surface area contributed by atoms with E-state index in [9.17, 15) is 4.79 Å². The van der Waals surface area contributed by atoms with E-state index in [4.69, 9.17) is 4.42 Å². The highest BCUT2D eigenvalue weighted by molar-refractivity contribution is 9.10. The van der Waals surface area contributed by atoms with Crippen molar-refractivity contribution in [1.29, 1.82) is 0 Å². The second-order valence-corrected chi connectivity index (χ2v) is 5.21. The standard InChI is InChI=1S/C12H15BrN2O2/c1-8-3-2-4-9(7-8)14-15-12(16)10-5-6-11(13)17-10/h5-6,8H,2-4,7H2,1H3,(H,15,16). The summed E-state index contributed by atoms with van der Waals surface area (Å²) in [4.78, 5) is 11.6. The van der Waals surface area contributed by atoms with Gasteiger partial charge in [0.25, 0.3) is 0 Å². The van der Waals surface area contributed by atoms with Crippen molar-refractivity contribution in [3.05, 3.63) is 22.6 Å². The van der Waals surface area contributed by atoms with E-state index in [1.807, 2.05) is 0 Å². The summed E-state index contributed by atoms with van der Waals surface area (Å²) in [5, 5.41) is 4.16. The maximum atomic E-state index is 11.6. The van der Waals surface area contributed by atoms with Crippen LogP contribution in [-0.2, 0) is 0 Å². The van der Waals surface area contributed by atoms with Crippen LogP contribution in [-0.4, -0.2) is 11.6 Å². The van der Waals surface area contributed by atoms with Crippen molar-refractivity contribution in [2.45, 2.75) is 32.6 Å². The number of nitrogens with one attached hydrogen (secondary N) is 1. The molecule has 0 bridgehead atoms. The van der Waals surface area contributed by atoms with Gasteiger partial charge in [-0.15, -0.1) is 0 Å². The molecule has 5 heteroatoms. The summed E-state index contributed by atoms with van der Waals surface area (Å²) >= 11 is 3.15. The van der Waals surface area contributed by atoms with E-state index in [1.54, 1.807) is 12.1 Å². The van der Waals surface area contributed by atoms with Crippen molar-refractivity contribution in [3.63, 3.8) is 0 Å². The Morgan fingerprint density at radius 3 is 3.06 bits per heavy atom. The van der Waals surface area contributed by atoms with E-state index in [1.165, 1.54) is 6.42 Å². The van der Waals surface area contributed by atoms with Gasteiger partial charge in [0.2, 0.25) is 0 Å². The summed E-state index contributed by atoms with van der Waals surface area (Å²) < 4.78 is 5.68. The van der Waals surface area contributed by atoms with Crippen LogP contribution in [0.2, 0.25) is 0 Å². The maximum absolute atomic E-state index is 11.6. The van der Waals surface area contributed by atoms with Crippen molar-refractivity contribution in [2.24, 2.45) is 11.0 Å². The van der Waals surface area contributed by atoms with Crippen LogP contribution in [0.3, 0.4) is 0 Å². The van der Waals surface area contributed by atoms with Crippen LogP contribution in [0.1, 0.15) is 43.2 Å². The molecule has 0 aliphatic heterocycles. The Morgan fingerprint density at radius 1 is 1.59 bits per heavy atom. The van der Waals surface area contributed by atoms with Gasteiger partial charge in [0.05, 0.1) is 0 Å². The predicted octanol–water partition coefficient (Wildman–Crippen LogP) is 3.34. The first-order valence-electron chi connectivity index (χ1n) is 5.76. The normalized spacial score (nSPS) is 22.7. The predicted molar refractivity (Wildman–Crippen MR) is 68.9 cm³/mol. The lowest BCUT2D eigenvalue weighted by atomic mass is 9.89. The van der Waals surface area contributed by atoms with Gasteiger partial charge in [-0.05, 0) is 59.7 Å². The molecule has 2 rings (SSSR count). The summed E-state index contributed by atoms with van der Waals surface area (Å²) in [5.41, 5.74) is 3.61. The van der Waals surface area contributed by atoms with E-state index in [2.05, 4.69) is 33.4 Å². The summed E-state index contributed by atoms with van der Waals surface area (Å²) in [7, 11) is 0. The van der Waals surface area contributed by atoms with Gasteiger partial charge in [0, 0.05) is 5.71 Å². The quantitative estimate of drug-likeness (QED) is 0.852. The number of carbonyl (C=O) groups excluding carboxylic acids is 1. The molecule has 1 fully saturated rings. The van der Waals surface area contributed by atoms with Crippen LogP contribution in [0.15, 0.2) is 26.3 Å². The zero-order valence-electron chi connectivity index (χ0n) is 9.70. The van der Waals surface area contributed by atoms with Crippen molar-refractivity contribution in [2.75, 3.05) is 0 Å². The van der Waals surface area contributed by atoms with Crippen LogP contribution >= 0.6 is 15.9 Å². The first-order chi connectivity index (χ1) is 8.15. The van der Waals surface area contributed by atoms with Crippen molar-refractivity contribution < 1.29 is 9.21 Å². The van der Waals surface area contributed by atoms with Crippen LogP contribution in [0.5, 0.6) is 0 Å². The third kappa shape index (κ3) is 3.43. The van der Waals surface area contributed by atoms with Gasteiger partial charge in [0.15, 0.2) is 10.4 Å². The number of hydrazone groups is 1. The second kappa shape index (κ2) is 5.49. The molecule has 1 aromatic heterocycles. The van der Waals surface area contributed by atoms with Crippen LogP contribution < -0.4 is 5.43 Å². The molecule has 1 amide bonds. The van der Waals surface area contributed by atoms with Crippen molar-refractivity contribution >= 4 is 27.5 Å². The topological polar surface area (TPSA) is 54.6 Å². The van der Waals surface area contributed by atoms with Gasteiger partial charge in [0.1, 0.15) is 0 Å². The third-order valence-corrected chi connectivity index (χ3v) is 3.29. The van der Waals surface area contributed by atoms with E-state index in [-0.39, 0.29) is 11.7 Å². The fraction of sp³-hybridized carbons (Fsp3) is 0.500. The van der Waals surface area contributed by atoms with Crippen molar-refractivity contribution in [1.82, 2.24) is 5.43 Å². The fourth-order valence-electron chi connectivity index (χ4n) is 1.98. The largest absolute Gasteiger partial charge is 0.444 e. The molecule has 0 aromatic carbocycles. The molecule has 1 heterocycles. The van der Waals surface area contributed by atoms with E-state index in [0.717, 1.165) is 25.0 Å². The first-order valence-corrected chi connectivity index (χ1v) is 6.55. The van der Waals surface area contributed by atoms with E-state index >= 15 is 0 Å². The molecule has 1 aliphatic carbocycles. The fourth-order valence-corrected chi connectivity index (χ4v) is 2.29. The van der Waals surface area contributed by atoms with Gasteiger partial charge in [-0.1, -0.05) is 6.92 Å². The maximum Gasteiger partial charge on any atom is 0.307 e. The summed E-state index contributed by atoms with van der Waals surface area (Å²) in [5.74, 6) is 0.628. The molecule has 0 spiro atoms. The van der Waals surface area contributed by atoms with E-state index < -0.39 is 0 Å². The first kappa shape index (κ1) is 12.4. The van der Waals surface area contributed by atoms with Gasteiger partial charge in [-0.3, -0.25) is 4.79 Å². The Labute approximate surface area is 109 Å². The molecule has 0 radical (unpaired) electrons. The lowest BCUT2D eigenvalue weighted by Crippen LogP contribution is -2.21. The Kier molecular flexibility index (Phi) is 3.99. The van der Waals surface area contributed by atoms with Crippen molar-refractivity contribution in [3.8, 4) is 0 Å². The number of nitrogens with zero attached hydrogens (tertiary/aromatic N) is 1. The Bertz CT molecular complexity index is 439. The monoisotopic (exact) mass is 298 g/mol. The van der Waals surface area contributed by atoms with E-state index in [0.29, 0.717) is 10.6 Å². The molecule has 1 aliphatic rings. The number of rotatable bonds is 2. The molecule has 1 aromatic rings. The number of carbonyl (C=O) groups is 1. The smallest absolute Gasteiger partial charge is 0.307 e. The van der Waals surface area contributed by atoms with Gasteiger partial charge in [-0.2, -0.15) is 5.10 Å². The zero-order chi connectivity index (χ0) is 12.3. The number of hydrogen-bond donors (Lipinski definition) is 1. The minimum atomic E-state index is -0.304. The molecule has 1 atom stereocenters. The number of furan rings is 1. The molecule has 1 N–H and O–H groups in total. The number of amides is 1. The average Bonchev–Trinajstić information content (AvgIpc) is 2.73. The highest BCUT2D eigenvalue weighted by Crippen LogP contribution is 2.21. The lowest BCUT2D eigenvalue weighted by molar-refractivity contribution is 0.0925. The molecule has 1 unspecified atom stereocenters. The highest BCUT2D eigenvalue weighted by atomic mass is 79.9.